The highest BCUT2D eigenvalue weighted by Crippen LogP contribution is 1.95. The summed E-state index contributed by atoms with van der Waals surface area (Å²) in [6.07, 6.45) is 0. The van der Waals surface area contributed by atoms with Crippen molar-refractivity contribution in [2.75, 3.05) is 20.1 Å². The van der Waals surface area contributed by atoms with Crippen LogP contribution >= 0.6 is 0 Å². The van der Waals surface area contributed by atoms with Crippen LogP contribution < -0.4 is 10.6 Å². The molecule has 0 saturated heterocycles. The molecule has 0 spiro atoms. The molecule has 0 rings (SSSR count). The summed E-state index contributed by atoms with van der Waals surface area (Å²) < 4.78 is 0. The quantitative estimate of drug-likeness (QED) is 0.551. The van der Waals surface area contributed by atoms with Crippen molar-refractivity contribution in [1.82, 2.24) is 10.6 Å². The monoisotopic (exact) mass is 202 g/mol. The molecule has 0 aromatic heterocycles. The molecule has 0 bridgehead atoms. The molecule has 1 amide bonds. The third-order valence-electron chi connectivity index (χ3n) is 1.96. The summed E-state index contributed by atoms with van der Waals surface area (Å²) in [5.41, 5.74) is 0. The SMILES string of the molecule is CNCC(C)C(=O)NCC(C)C(=O)O. The van der Waals surface area contributed by atoms with Gasteiger partial charge in [-0.3, -0.25) is 9.59 Å². The highest BCUT2D eigenvalue weighted by atomic mass is 16.4. The van der Waals surface area contributed by atoms with Gasteiger partial charge in [0, 0.05) is 19.0 Å². The number of amides is 1. The van der Waals surface area contributed by atoms with E-state index in [1.165, 1.54) is 0 Å². The fraction of sp³-hybridized carbons (Fsp3) is 0.778. The van der Waals surface area contributed by atoms with Crippen molar-refractivity contribution >= 4 is 11.9 Å². The van der Waals surface area contributed by atoms with Gasteiger partial charge in [0.1, 0.15) is 0 Å². The lowest BCUT2D eigenvalue weighted by Gasteiger charge is -2.13. The van der Waals surface area contributed by atoms with E-state index in [-0.39, 0.29) is 18.4 Å². The molecule has 5 nitrogen and oxygen atoms in total. The molecule has 3 N–H and O–H groups in total. The number of carbonyl (C=O) groups is 2. The Balaban J connectivity index is 3.78. The van der Waals surface area contributed by atoms with Crippen molar-refractivity contribution in [3.05, 3.63) is 0 Å². The number of nitrogens with one attached hydrogen (secondary N) is 2. The fourth-order valence-corrected chi connectivity index (χ4v) is 0.914. The second kappa shape index (κ2) is 6.37. The minimum absolute atomic E-state index is 0.118. The van der Waals surface area contributed by atoms with E-state index < -0.39 is 11.9 Å². The maximum absolute atomic E-state index is 11.3. The first kappa shape index (κ1) is 12.9. The molecule has 0 aliphatic rings. The average molecular weight is 202 g/mol. The average Bonchev–Trinajstić information content (AvgIpc) is 2.13. The van der Waals surface area contributed by atoms with Crippen LogP contribution in [0.1, 0.15) is 13.8 Å². The maximum atomic E-state index is 11.3. The minimum atomic E-state index is -0.897. The second-order valence-electron chi connectivity index (χ2n) is 3.44. The van der Waals surface area contributed by atoms with Gasteiger partial charge in [-0.2, -0.15) is 0 Å². The molecular formula is C9H18N2O3. The molecular weight excluding hydrogens is 184 g/mol. The molecule has 0 aromatic rings. The molecule has 5 heteroatoms. The Morgan fingerprint density at radius 3 is 2.21 bits per heavy atom. The second-order valence-corrected chi connectivity index (χ2v) is 3.44. The van der Waals surface area contributed by atoms with Crippen LogP contribution in [0.5, 0.6) is 0 Å². The van der Waals surface area contributed by atoms with Crippen molar-refractivity contribution in [2.45, 2.75) is 13.8 Å². The van der Waals surface area contributed by atoms with Gasteiger partial charge in [-0.1, -0.05) is 13.8 Å². The molecule has 2 atom stereocenters. The zero-order valence-electron chi connectivity index (χ0n) is 8.83. The Morgan fingerprint density at radius 1 is 1.21 bits per heavy atom. The van der Waals surface area contributed by atoms with Gasteiger partial charge in [-0.25, -0.2) is 0 Å². The summed E-state index contributed by atoms with van der Waals surface area (Å²) in [4.78, 5) is 21.8. The molecule has 0 radical (unpaired) electrons. The minimum Gasteiger partial charge on any atom is -0.481 e. The lowest BCUT2D eigenvalue weighted by molar-refractivity contribution is -0.141. The van der Waals surface area contributed by atoms with Crippen molar-refractivity contribution < 1.29 is 14.7 Å². The van der Waals surface area contributed by atoms with E-state index >= 15 is 0 Å². The molecule has 82 valence electrons. The van der Waals surface area contributed by atoms with Crippen LogP contribution in [0.15, 0.2) is 0 Å². The van der Waals surface area contributed by atoms with Gasteiger partial charge >= 0.3 is 5.97 Å². The smallest absolute Gasteiger partial charge is 0.308 e. The third kappa shape index (κ3) is 4.81. The zero-order valence-corrected chi connectivity index (χ0v) is 8.83. The van der Waals surface area contributed by atoms with E-state index in [2.05, 4.69) is 10.6 Å². The molecule has 0 saturated carbocycles. The van der Waals surface area contributed by atoms with Crippen LogP contribution in [0.4, 0.5) is 0 Å². The summed E-state index contributed by atoms with van der Waals surface area (Å²) in [7, 11) is 1.77. The number of hydrogen-bond acceptors (Lipinski definition) is 3. The topological polar surface area (TPSA) is 78.4 Å². The van der Waals surface area contributed by atoms with Gasteiger partial charge < -0.3 is 15.7 Å². The number of aliphatic carboxylic acids is 1. The van der Waals surface area contributed by atoms with E-state index in [9.17, 15) is 9.59 Å². The van der Waals surface area contributed by atoms with Gasteiger partial charge in [0.25, 0.3) is 0 Å². The molecule has 0 fully saturated rings. The van der Waals surface area contributed by atoms with Gasteiger partial charge in [0.15, 0.2) is 0 Å². The molecule has 0 aliphatic heterocycles. The summed E-state index contributed by atoms with van der Waals surface area (Å²) >= 11 is 0. The van der Waals surface area contributed by atoms with Crippen LogP contribution in [0.25, 0.3) is 0 Å². The Bertz CT molecular complexity index is 206. The largest absolute Gasteiger partial charge is 0.481 e. The van der Waals surface area contributed by atoms with Crippen LogP contribution in [-0.4, -0.2) is 37.1 Å². The van der Waals surface area contributed by atoms with E-state index in [0.29, 0.717) is 6.54 Å². The number of carboxylic acid groups (broad SMARTS) is 1. The molecule has 2 unspecified atom stereocenters. The van der Waals surface area contributed by atoms with Gasteiger partial charge in [0.2, 0.25) is 5.91 Å². The van der Waals surface area contributed by atoms with Crippen LogP contribution in [0.2, 0.25) is 0 Å². The molecule has 0 aliphatic carbocycles. The van der Waals surface area contributed by atoms with Crippen molar-refractivity contribution in [3.63, 3.8) is 0 Å². The lowest BCUT2D eigenvalue weighted by atomic mass is 10.1. The summed E-state index contributed by atoms with van der Waals surface area (Å²) in [6.45, 7) is 4.12. The van der Waals surface area contributed by atoms with Crippen molar-refractivity contribution in [2.24, 2.45) is 11.8 Å². The summed E-state index contributed by atoms with van der Waals surface area (Å²) in [6, 6.07) is 0. The normalized spacial score (nSPS) is 14.5. The van der Waals surface area contributed by atoms with Gasteiger partial charge in [-0.15, -0.1) is 0 Å². The third-order valence-corrected chi connectivity index (χ3v) is 1.96. The first-order valence-electron chi connectivity index (χ1n) is 4.64. The van der Waals surface area contributed by atoms with Gasteiger partial charge in [-0.05, 0) is 7.05 Å². The number of hydrogen-bond donors (Lipinski definition) is 3. The van der Waals surface area contributed by atoms with E-state index in [4.69, 9.17) is 5.11 Å². The lowest BCUT2D eigenvalue weighted by Crippen LogP contribution is -2.37. The van der Waals surface area contributed by atoms with Crippen LogP contribution in [-0.2, 0) is 9.59 Å². The van der Waals surface area contributed by atoms with Gasteiger partial charge in [0.05, 0.1) is 5.92 Å². The zero-order chi connectivity index (χ0) is 11.1. The Kier molecular flexibility index (Phi) is 5.87. The highest BCUT2D eigenvalue weighted by Gasteiger charge is 2.15. The van der Waals surface area contributed by atoms with E-state index in [0.717, 1.165) is 0 Å². The number of carboxylic acids is 1. The number of rotatable bonds is 6. The Morgan fingerprint density at radius 2 is 1.79 bits per heavy atom. The molecule has 0 aromatic carbocycles. The Hall–Kier alpha value is -1.10. The molecule has 14 heavy (non-hydrogen) atoms. The number of carbonyl (C=O) groups excluding carboxylic acids is 1. The Labute approximate surface area is 83.9 Å². The molecule has 0 heterocycles. The maximum Gasteiger partial charge on any atom is 0.308 e. The first-order chi connectivity index (χ1) is 6.49. The van der Waals surface area contributed by atoms with E-state index in [1.54, 1.807) is 20.9 Å². The van der Waals surface area contributed by atoms with Crippen LogP contribution in [0, 0.1) is 11.8 Å². The van der Waals surface area contributed by atoms with E-state index in [1.807, 2.05) is 0 Å². The summed E-state index contributed by atoms with van der Waals surface area (Å²) in [5.74, 6) is -1.69. The first-order valence-corrected chi connectivity index (χ1v) is 4.64. The predicted molar refractivity (Wildman–Crippen MR) is 52.9 cm³/mol. The fourth-order valence-electron chi connectivity index (χ4n) is 0.914. The standard InChI is InChI=1S/C9H18N2O3/c1-6(4-10-3)8(12)11-5-7(2)9(13)14/h6-7,10H,4-5H2,1-3H3,(H,11,12)(H,13,14). The summed E-state index contributed by atoms with van der Waals surface area (Å²) in [5, 5.41) is 14.0. The van der Waals surface area contributed by atoms with Crippen LogP contribution in [0.3, 0.4) is 0 Å². The van der Waals surface area contributed by atoms with Crippen molar-refractivity contribution in [1.29, 1.82) is 0 Å². The predicted octanol–water partition coefficient (Wildman–Crippen LogP) is -0.321. The highest BCUT2D eigenvalue weighted by molar-refractivity contribution is 5.79. The van der Waals surface area contributed by atoms with Crippen molar-refractivity contribution in [3.8, 4) is 0 Å².